The van der Waals surface area contributed by atoms with Gasteiger partial charge in [0, 0.05) is 29.3 Å². The maximum atomic E-state index is 11.2. The number of allylic oxidation sites excluding steroid dienone is 4. The third kappa shape index (κ3) is 5.16. The number of ether oxygens (including phenoxy) is 2. The second-order valence-electron chi connectivity index (χ2n) is 11.3. The molecule has 3 aliphatic rings. The van der Waals surface area contributed by atoms with E-state index in [1.807, 2.05) is 12.1 Å². The van der Waals surface area contributed by atoms with Gasteiger partial charge in [-0.2, -0.15) is 4.58 Å². The number of hydrogen-bond donors (Lipinski definition) is 1. The van der Waals surface area contributed by atoms with E-state index in [1.165, 1.54) is 28.1 Å². The molecule has 0 radical (unpaired) electrons. The fourth-order valence-electron chi connectivity index (χ4n) is 6.09. The average molecular weight is 566 g/mol. The summed E-state index contributed by atoms with van der Waals surface area (Å²) < 4.78 is 15.0. The summed E-state index contributed by atoms with van der Waals surface area (Å²) in [6.45, 7) is 7.98. The molecule has 1 aliphatic carbocycles. The highest BCUT2D eigenvalue weighted by molar-refractivity contribution is 6.56. The molecule has 0 bridgehead atoms. The van der Waals surface area contributed by atoms with Crippen LogP contribution >= 0.6 is 11.6 Å². The lowest BCUT2D eigenvalue weighted by Gasteiger charge is -2.27. The third-order valence-corrected chi connectivity index (χ3v) is 8.59. The van der Waals surface area contributed by atoms with Gasteiger partial charge in [0.15, 0.2) is 5.71 Å². The minimum absolute atomic E-state index is 0.0835. The topological polar surface area (TPSA) is 64.8 Å². The van der Waals surface area contributed by atoms with Crippen molar-refractivity contribution in [3.05, 3.63) is 111 Å². The van der Waals surface area contributed by atoms with Crippen molar-refractivity contribution in [3.8, 4) is 11.5 Å². The number of hydrogen-bond acceptors (Lipinski definition) is 4. The van der Waals surface area contributed by atoms with Crippen LogP contribution in [0.4, 0.5) is 5.69 Å². The van der Waals surface area contributed by atoms with E-state index in [2.05, 4.69) is 67.8 Å². The molecule has 0 fully saturated rings. The Morgan fingerprint density at radius 2 is 1.88 bits per heavy atom. The number of nitrogens with zero attached hydrogens (tertiary/aromatic N) is 1. The molecule has 0 aromatic heterocycles. The fraction of sp³-hybridized carbons (Fsp3) is 0.265. The summed E-state index contributed by atoms with van der Waals surface area (Å²) in [6.07, 6.45) is 9.70. The molecule has 0 spiro atoms. The van der Waals surface area contributed by atoms with E-state index in [-0.39, 0.29) is 12.0 Å². The van der Waals surface area contributed by atoms with Gasteiger partial charge in [0.25, 0.3) is 0 Å². The molecule has 1 N–H and O–H groups in total. The first-order valence-corrected chi connectivity index (χ1v) is 14.6. The van der Waals surface area contributed by atoms with Crippen LogP contribution in [0.2, 0.25) is 5.02 Å². The maximum absolute atomic E-state index is 11.2. The highest BCUT2D eigenvalue weighted by Crippen LogP contribution is 2.44. The lowest BCUT2D eigenvalue weighted by atomic mass is 9.80. The molecule has 41 heavy (non-hydrogen) atoms. The minimum Gasteiger partial charge on any atom is -0.853 e. The second-order valence-corrected chi connectivity index (χ2v) is 11.7. The van der Waals surface area contributed by atoms with Crippen molar-refractivity contribution in [2.24, 2.45) is 0 Å². The van der Waals surface area contributed by atoms with Crippen molar-refractivity contribution in [2.45, 2.75) is 52.1 Å². The number of rotatable bonds is 7. The SMILES string of the molecule is CC[N+]1=C(C=CC2=C3Oc4cc(OCc5ccc(B([O-])O)cc5)c(Cl)cc4C=C3CCC2)C(C)(C)c2ccccc21. The van der Waals surface area contributed by atoms with E-state index < -0.39 is 7.12 Å². The van der Waals surface area contributed by atoms with Crippen molar-refractivity contribution in [1.82, 2.24) is 0 Å². The average Bonchev–Trinajstić information content (AvgIpc) is 3.19. The Hall–Kier alpha value is -3.58. The van der Waals surface area contributed by atoms with E-state index in [1.54, 1.807) is 24.3 Å². The predicted octanol–water partition coefficient (Wildman–Crippen LogP) is 5.83. The molecule has 0 unspecified atom stereocenters. The Labute approximate surface area is 246 Å². The smallest absolute Gasteiger partial charge is 0.212 e. The van der Waals surface area contributed by atoms with Crippen LogP contribution in [0.5, 0.6) is 11.5 Å². The Kier molecular flexibility index (Phi) is 7.41. The summed E-state index contributed by atoms with van der Waals surface area (Å²) in [5.41, 5.74) is 8.37. The maximum Gasteiger partial charge on any atom is 0.212 e. The lowest BCUT2D eigenvalue weighted by Crippen LogP contribution is -2.43. The molecule has 0 saturated heterocycles. The summed E-state index contributed by atoms with van der Waals surface area (Å²) in [6, 6.07) is 19.2. The first-order valence-electron chi connectivity index (χ1n) is 14.2. The molecule has 0 atom stereocenters. The number of fused-ring (bicyclic) bond motifs is 3. The van der Waals surface area contributed by atoms with Gasteiger partial charge < -0.3 is 19.5 Å². The molecule has 7 heteroatoms. The summed E-state index contributed by atoms with van der Waals surface area (Å²) in [5, 5.41) is 20.9. The Bertz CT molecular complexity index is 1630. The summed E-state index contributed by atoms with van der Waals surface area (Å²) in [5.74, 6) is 2.18. The minimum atomic E-state index is -1.74. The Balaban J connectivity index is 1.27. The van der Waals surface area contributed by atoms with Gasteiger partial charge in [-0.3, -0.25) is 0 Å². The van der Waals surface area contributed by atoms with Crippen LogP contribution in [-0.4, -0.2) is 29.0 Å². The zero-order valence-corrected chi connectivity index (χ0v) is 24.4. The van der Waals surface area contributed by atoms with Crippen molar-refractivity contribution in [1.29, 1.82) is 0 Å². The van der Waals surface area contributed by atoms with Crippen molar-refractivity contribution in [2.75, 3.05) is 6.54 Å². The number of benzene rings is 3. The van der Waals surface area contributed by atoms with Gasteiger partial charge in [0.05, 0.1) is 10.4 Å². The standard InChI is InChI=1S/C34H33BClNO4/c1-4-37-29-11-6-5-10-27(29)34(2,3)32(37)17-14-23-8-7-9-24-18-25-19-28(36)31(20-30(25)41-33(23)24)40-21-22-12-15-26(16-13-22)35(38)39/h5-6,10-20,38H,4,7-9,21H2,1-3H3. The van der Waals surface area contributed by atoms with Crippen LogP contribution in [0.3, 0.4) is 0 Å². The van der Waals surface area contributed by atoms with Gasteiger partial charge in [-0.15, -0.1) is 0 Å². The van der Waals surface area contributed by atoms with E-state index in [0.717, 1.165) is 48.4 Å². The van der Waals surface area contributed by atoms with Crippen LogP contribution in [-0.2, 0) is 12.0 Å². The first kappa shape index (κ1) is 27.6. The highest BCUT2D eigenvalue weighted by Gasteiger charge is 2.43. The van der Waals surface area contributed by atoms with Gasteiger partial charge in [0.2, 0.25) is 12.8 Å². The molecule has 3 aromatic carbocycles. The normalized spacial score (nSPS) is 17.2. The summed E-state index contributed by atoms with van der Waals surface area (Å²) in [7, 11) is -1.74. The molecule has 5 nitrogen and oxygen atoms in total. The number of halogens is 1. The van der Waals surface area contributed by atoms with Crippen molar-refractivity contribution < 1.29 is 24.1 Å². The third-order valence-electron chi connectivity index (χ3n) is 8.30. The molecular formula is C34H33BClNO4. The molecule has 2 aliphatic heterocycles. The van der Waals surface area contributed by atoms with Gasteiger partial charge in [-0.1, -0.05) is 59.5 Å². The van der Waals surface area contributed by atoms with Crippen molar-refractivity contribution in [3.63, 3.8) is 0 Å². The van der Waals surface area contributed by atoms with E-state index in [9.17, 15) is 10.0 Å². The van der Waals surface area contributed by atoms with E-state index >= 15 is 0 Å². The molecular weight excluding hydrogens is 533 g/mol. The Morgan fingerprint density at radius 3 is 2.63 bits per heavy atom. The molecule has 0 amide bonds. The zero-order chi connectivity index (χ0) is 28.7. The lowest BCUT2D eigenvalue weighted by molar-refractivity contribution is -0.433. The zero-order valence-electron chi connectivity index (χ0n) is 23.6. The molecule has 208 valence electrons. The van der Waals surface area contributed by atoms with Gasteiger partial charge in [-0.25, -0.2) is 0 Å². The van der Waals surface area contributed by atoms with Crippen LogP contribution in [0.25, 0.3) is 6.08 Å². The van der Waals surface area contributed by atoms with Crippen LogP contribution in [0, 0.1) is 0 Å². The highest BCUT2D eigenvalue weighted by atomic mass is 35.5. The molecule has 2 heterocycles. The fourth-order valence-corrected chi connectivity index (χ4v) is 6.32. The summed E-state index contributed by atoms with van der Waals surface area (Å²) >= 11 is 6.60. The monoisotopic (exact) mass is 565 g/mol. The van der Waals surface area contributed by atoms with Gasteiger partial charge in [-0.05, 0) is 75.0 Å². The molecule has 3 aromatic rings. The van der Waals surface area contributed by atoms with E-state index in [0.29, 0.717) is 16.2 Å². The quantitative estimate of drug-likeness (QED) is 0.289. The molecule has 6 rings (SSSR count). The van der Waals surface area contributed by atoms with Crippen LogP contribution < -0.4 is 20.0 Å². The summed E-state index contributed by atoms with van der Waals surface area (Å²) in [4.78, 5) is 0. The van der Waals surface area contributed by atoms with Crippen LogP contribution in [0.1, 0.15) is 56.7 Å². The number of para-hydroxylation sites is 1. The Morgan fingerprint density at radius 1 is 1.10 bits per heavy atom. The molecule has 0 saturated carbocycles. The van der Waals surface area contributed by atoms with Gasteiger partial charge in [0.1, 0.15) is 30.4 Å². The largest absolute Gasteiger partial charge is 0.853 e. The van der Waals surface area contributed by atoms with Crippen LogP contribution in [0.15, 0.2) is 89.7 Å². The van der Waals surface area contributed by atoms with E-state index in [4.69, 9.17) is 21.1 Å². The predicted molar refractivity (Wildman–Crippen MR) is 163 cm³/mol. The second kappa shape index (κ2) is 11.0. The van der Waals surface area contributed by atoms with Gasteiger partial charge >= 0.3 is 0 Å². The van der Waals surface area contributed by atoms with Crippen molar-refractivity contribution >= 4 is 41.7 Å². The first-order chi connectivity index (χ1) is 19.8.